The molecule has 0 spiro atoms. The van der Waals surface area contributed by atoms with Gasteiger partial charge in [-0.2, -0.15) is 0 Å². The van der Waals surface area contributed by atoms with Crippen LogP contribution in [0.1, 0.15) is 38.8 Å². The maximum Gasteiger partial charge on any atom is 0.163 e. The van der Waals surface area contributed by atoms with Crippen LogP contribution in [-0.2, 0) is 0 Å². The fourth-order valence-corrected chi connectivity index (χ4v) is 1.34. The summed E-state index contributed by atoms with van der Waals surface area (Å²) in [5.74, 6) is -0.454. The van der Waals surface area contributed by atoms with Crippen molar-refractivity contribution in [1.29, 1.82) is 0 Å². The predicted octanol–water partition coefficient (Wildman–Crippen LogP) is 2.02. The van der Waals surface area contributed by atoms with E-state index in [-0.39, 0.29) is 22.7 Å². The van der Waals surface area contributed by atoms with E-state index >= 15 is 0 Å². The van der Waals surface area contributed by atoms with E-state index in [1.54, 1.807) is 19.9 Å². The molecule has 0 fully saturated rings. The Morgan fingerprint density at radius 3 is 2.43 bits per heavy atom. The van der Waals surface area contributed by atoms with Crippen LogP contribution in [0.3, 0.4) is 0 Å². The normalized spacial score (nSPS) is 9.93. The minimum absolute atomic E-state index is 0.204. The van der Waals surface area contributed by atoms with Crippen LogP contribution >= 0.6 is 0 Å². The summed E-state index contributed by atoms with van der Waals surface area (Å²) in [7, 11) is 0. The van der Waals surface area contributed by atoms with E-state index in [1.807, 2.05) is 0 Å². The number of hydrogen-bond acceptors (Lipinski definition) is 3. The van der Waals surface area contributed by atoms with Crippen LogP contribution in [0.2, 0.25) is 0 Å². The van der Waals surface area contributed by atoms with Crippen molar-refractivity contribution in [3.05, 3.63) is 28.3 Å². The largest absolute Gasteiger partial charge is 0.506 e. The molecule has 0 unspecified atom stereocenters. The number of carbonyl (C=O) groups is 2. The Hall–Kier alpha value is -1.64. The quantitative estimate of drug-likeness (QED) is 0.576. The van der Waals surface area contributed by atoms with Crippen molar-refractivity contribution < 1.29 is 14.7 Å². The topological polar surface area (TPSA) is 54.4 Å². The predicted molar refractivity (Wildman–Crippen MR) is 53.0 cm³/mol. The number of Topliss-reactive ketones (excluding diaryl/α,β-unsaturated/α-hetero) is 1. The molecular weight excluding hydrogens is 180 g/mol. The monoisotopic (exact) mass is 192 g/mol. The van der Waals surface area contributed by atoms with Crippen molar-refractivity contribution >= 4 is 12.1 Å². The molecule has 74 valence electrons. The lowest BCUT2D eigenvalue weighted by Gasteiger charge is -2.09. The molecule has 14 heavy (non-hydrogen) atoms. The molecule has 0 aliphatic carbocycles. The van der Waals surface area contributed by atoms with Crippen LogP contribution in [0.25, 0.3) is 0 Å². The third kappa shape index (κ3) is 1.53. The maximum atomic E-state index is 11.1. The molecule has 0 saturated heterocycles. The van der Waals surface area contributed by atoms with E-state index < -0.39 is 0 Å². The number of hydrogen-bond donors (Lipinski definition) is 1. The van der Waals surface area contributed by atoms with Gasteiger partial charge in [-0.25, -0.2) is 0 Å². The molecule has 0 aliphatic heterocycles. The third-order valence-corrected chi connectivity index (χ3v) is 2.36. The summed E-state index contributed by atoms with van der Waals surface area (Å²) >= 11 is 0. The zero-order valence-corrected chi connectivity index (χ0v) is 8.42. The molecule has 0 aliphatic rings. The number of phenolic OH excluding ortho intramolecular Hbond substituents is 1. The number of aryl methyl sites for hydroxylation is 1. The lowest BCUT2D eigenvalue weighted by molar-refractivity contribution is 0.101. The molecule has 0 aromatic heterocycles. The van der Waals surface area contributed by atoms with Gasteiger partial charge in [-0.3, -0.25) is 9.59 Å². The molecule has 1 aromatic rings. The number of aldehydes is 1. The maximum absolute atomic E-state index is 11.1. The molecule has 1 rings (SSSR count). The Morgan fingerprint density at radius 1 is 1.43 bits per heavy atom. The molecular formula is C11H12O3. The first-order valence-electron chi connectivity index (χ1n) is 4.28. The Morgan fingerprint density at radius 2 is 2.00 bits per heavy atom. The van der Waals surface area contributed by atoms with Crippen LogP contribution < -0.4 is 0 Å². The Bertz CT molecular complexity index is 405. The lowest BCUT2D eigenvalue weighted by Crippen LogP contribution is -2.00. The summed E-state index contributed by atoms with van der Waals surface area (Å²) in [6.45, 7) is 4.90. The molecule has 1 aromatic carbocycles. The van der Waals surface area contributed by atoms with Gasteiger partial charge < -0.3 is 5.11 Å². The van der Waals surface area contributed by atoms with Crippen molar-refractivity contribution in [2.45, 2.75) is 20.8 Å². The standard InChI is InChI=1S/C11H12O3/c1-6-4-9(8(3)13)11(14)10(5-12)7(6)2/h4-5,14H,1-3H3. The summed E-state index contributed by atoms with van der Waals surface area (Å²) < 4.78 is 0. The minimum Gasteiger partial charge on any atom is -0.506 e. The van der Waals surface area contributed by atoms with E-state index in [4.69, 9.17) is 0 Å². The molecule has 0 heterocycles. The SMILES string of the molecule is CC(=O)c1cc(C)c(C)c(C=O)c1O. The first-order valence-corrected chi connectivity index (χ1v) is 4.28. The van der Waals surface area contributed by atoms with E-state index in [2.05, 4.69) is 0 Å². The molecule has 0 bridgehead atoms. The van der Waals surface area contributed by atoms with E-state index in [0.29, 0.717) is 11.8 Å². The Kier molecular flexibility index (Phi) is 2.70. The fourth-order valence-electron chi connectivity index (χ4n) is 1.34. The number of rotatable bonds is 2. The van der Waals surface area contributed by atoms with Crippen LogP contribution in [0.15, 0.2) is 6.07 Å². The highest BCUT2D eigenvalue weighted by Crippen LogP contribution is 2.27. The van der Waals surface area contributed by atoms with Crippen LogP contribution in [-0.4, -0.2) is 17.2 Å². The van der Waals surface area contributed by atoms with Gasteiger partial charge in [0.15, 0.2) is 12.1 Å². The van der Waals surface area contributed by atoms with E-state index in [0.717, 1.165) is 5.56 Å². The summed E-state index contributed by atoms with van der Waals surface area (Å²) in [6, 6.07) is 1.60. The molecule has 0 amide bonds. The first kappa shape index (κ1) is 10.4. The van der Waals surface area contributed by atoms with Crippen LogP contribution in [0, 0.1) is 13.8 Å². The van der Waals surface area contributed by atoms with Crippen molar-refractivity contribution in [3.63, 3.8) is 0 Å². The minimum atomic E-state index is -0.242. The Balaban J connectivity index is 3.58. The van der Waals surface area contributed by atoms with Gasteiger partial charge in [-0.05, 0) is 38.0 Å². The average molecular weight is 192 g/mol. The number of aromatic hydroxyl groups is 1. The number of benzene rings is 1. The van der Waals surface area contributed by atoms with Crippen molar-refractivity contribution in [2.24, 2.45) is 0 Å². The van der Waals surface area contributed by atoms with Gasteiger partial charge in [0.1, 0.15) is 5.75 Å². The number of ketones is 1. The second-order valence-electron chi connectivity index (χ2n) is 3.30. The molecule has 3 nitrogen and oxygen atoms in total. The molecule has 0 atom stereocenters. The molecule has 1 N–H and O–H groups in total. The summed E-state index contributed by atoms with van der Waals surface area (Å²) in [5, 5.41) is 9.61. The van der Waals surface area contributed by atoms with Gasteiger partial charge in [0.2, 0.25) is 0 Å². The van der Waals surface area contributed by atoms with Crippen molar-refractivity contribution in [3.8, 4) is 5.75 Å². The number of phenols is 1. The highest BCUT2D eigenvalue weighted by Gasteiger charge is 2.14. The van der Waals surface area contributed by atoms with Crippen LogP contribution in [0.4, 0.5) is 0 Å². The smallest absolute Gasteiger partial charge is 0.163 e. The highest BCUT2D eigenvalue weighted by molar-refractivity contribution is 6.00. The molecule has 3 heteroatoms. The summed E-state index contributed by atoms with van der Waals surface area (Å²) in [4.78, 5) is 21.8. The van der Waals surface area contributed by atoms with Gasteiger partial charge in [-0.1, -0.05) is 0 Å². The summed E-state index contributed by atoms with van der Waals surface area (Å²) in [5.41, 5.74) is 1.95. The van der Waals surface area contributed by atoms with Gasteiger partial charge in [0.05, 0.1) is 11.1 Å². The van der Waals surface area contributed by atoms with E-state index in [1.165, 1.54) is 6.92 Å². The zero-order valence-electron chi connectivity index (χ0n) is 8.42. The van der Waals surface area contributed by atoms with Gasteiger partial charge >= 0.3 is 0 Å². The van der Waals surface area contributed by atoms with Gasteiger partial charge in [-0.15, -0.1) is 0 Å². The lowest BCUT2D eigenvalue weighted by atomic mass is 9.97. The molecule has 0 radical (unpaired) electrons. The zero-order chi connectivity index (χ0) is 10.9. The first-order chi connectivity index (χ1) is 6.49. The Labute approximate surface area is 82.4 Å². The second-order valence-corrected chi connectivity index (χ2v) is 3.30. The van der Waals surface area contributed by atoms with E-state index in [9.17, 15) is 14.7 Å². The third-order valence-electron chi connectivity index (χ3n) is 2.36. The highest BCUT2D eigenvalue weighted by atomic mass is 16.3. The average Bonchev–Trinajstić information content (AvgIpc) is 2.12. The van der Waals surface area contributed by atoms with Crippen molar-refractivity contribution in [1.82, 2.24) is 0 Å². The van der Waals surface area contributed by atoms with Crippen LogP contribution in [0.5, 0.6) is 5.75 Å². The number of carbonyl (C=O) groups excluding carboxylic acids is 2. The van der Waals surface area contributed by atoms with Gasteiger partial charge in [0, 0.05) is 0 Å². The van der Waals surface area contributed by atoms with Crippen molar-refractivity contribution in [2.75, 3.05) is 0 Å². The second kappa shape index (κ2) is 3.62. The van der Waals surface area contributed by atoms with Gasteiger partial charge in [0.25, 0.3) is 0 Å². The summed E-state index contributed by atoms with van der Waals surface area (Å²) in [6.07, 6.45) is 0.574. The molecule has 0 saturated carbocycles. The fraction of sp³-hybridized carbons (Fsp3) is 0.273.